The van der Waals surface area contributed by atoms with E-state index in [0.717, 1.165) is 41.9 Å². The van der Waals surface area contributed by atoms with Crippen LogP contribution in [0.3, 0.4) is 0 Å². The van der Waals surface area contributed by atoms with Gasteiger partial charge in [0.25, 0.3) is 0 Å². The Bertz CT molecular complexity index is 438. The van der Waals surface area contributed by atoms with Crippen LogP contribution >= 0.6 is 15.9 Å². The van der Waals surface area contributed by atoms with Crippen LogP contribution in [0.2, 0.25) is 0 Å². The van der Waals surface area contributed by atoms with Crippen LogP contribution in [0.5, 0.6) is 0 Å². The van der Waals surface area contributed by atoms with Crippen molar-refractivity contribution in [1.29, 1.82) is 0 Å². The van der Waals surface area contributed by atoms with Gasteiger partial charge in [-0.2, -0.15) is 5.10 Å². The van der Waals surface area contributed by atoms with Gasteiger partial charge in [0.15, 0.2) is 0 Å². The molecule has 4 nitrogen and oxygen atoms in total. The third-order valence-electron chi connectivity index (χ3n) is 4.66. The van der Waals surface area contributed by atoms with Crippen LogP contribution in [0.1, 0.15) is 57.7 Å². The van der Waals surface area contributed by atoms with E-state index in [0.29, 0.717) is 0 Å². The van der Waals surface area contributed by atoms with E-state index in [-0.39, 0.29) is 11.6 Å². The molecule has 1 fully saturated rings. The van der Waals surface area contributed by atoms with Crippen LogP contribution in [0.25, 0.3) is 0 Å². The minimum atomic E-state index is -0.249. The van der Waals surface area contributed by atoms with Crippen LogP contribution in [-0.2, 0) is 11.3 Å². The lowest BCUT2D eigenvalue weighted by molar-refractivity contribution is -0.0690. The molecular formula is C15H26BrN3O. The summed E-state index contributed by atoms with van der Waals surface area (Å²) in [6.45, 7) is 5.35. The van der Waals surface area contributed by atoms with Crippen LogP contribution < -0.4 is 5.73 Å². The van der Waals surface area contributed by atoms with Crippen molar-refractivity contribution >= 4 is 15.9 Å². The number of nitrogens with two attached hydrogens (primary N) is 1. The van der Waals surface area contributed by atoms with E-state index >= 15 is 0 Å². The van der Waals surface area contributed by atoms with Crippen LogP contribution in [0, 0.1) is 5.92 Å². The van der Waals surface area contributed by atoms with E-state index < -0.39 is 0 Å². The summed E-state index contributed by atoms with van der Waals surface area (Å²) >= 11 is 3.60. The lowest BCUT2D eigenvalue weighted by Gasteiger charge is -2.42. The maximum absolute atomic E-state index is 6.62. The van der Waals surface area contributed by atoms with Crippen LogP contribution in [0.4, 0.5) is 0 Å². The number of ether oxygens (including phenoxy) is 1. The summed E-state index contributed by atoms with van der Waals surface area (Å²) in [5, 5.41) is 4.44. The largest absolute Gasteiger partial charge is 0.376 e. The SMILES string of the molecule is CCCn1ncc(Br)c1C(N)C1(OC)CCC(C)CC1. The standard InChI is InChI=1S/C15H26BrN3O/c1-4-9-19-13(12(16)10-18-19)14(17)15(20-3)7-5-11(2)6-8-15/h10-11,14H,4-9,17H2,1-3H3. The predicted molar refractivity (Wildman–Crippen MR) is 84.5 cm³/mol. The van der Waals surface area contributed by atoms with Crippen molar-refractivity contribution in [3.63, 3.8) is 0 Å². The van der Waals surface area contributed by atoms with Crippen LogP contribution in [-0.4, -0.2) is 22.5 Å². The molecule has 0 saturated heterocycles. The highest BCUT2D eigenvalue weighted by molar-refractivity contribution is 9.10. The molecule has 1 aliphatic carbocycles. The first-order valence-corrected chi connectivity index (χ1v) is 8.35. The maximum Gasteiger partial charge on any atom is 0.0886 e. The van der Waals surface area contributed by atoms with Gasteiger partial charge < -0.3 is 10.5 Å². The molecule has 1 aromatic rings. The fourth-order valence-corrected chi connectivity index (χ4v) is 3.76. The second-order valence-corrected chi connectivity index (χ2v) is 6.88. The third-order valence-corrected chi connectivity index (χ3v) is 5.27. The molecule has 2 N–H and O–H groups in total. The van der Waals surface area contributed by atoms with Crippen molar-refractivity contribution in [3.8, 4) is 0 Å². The van der Waals surface area contributed by atoms with Gasteiger partial charge in [-0.05, 0) is 54.0 Å². The smallest absolute Gasteiger partial charge is 0.0886 e. The molecule has 1 aliphatic rings. The van der Waals surface area contributed by atoms with Gasteiger partial charge in [0.05, 0.1) is 28.0 Å². The highest BCUT2D eigenvalue weighted by Crippen LogP contribution is 2.43. The molecule has 0 aliphatic heterocycles. The third kappa shape index (κ3) is 2.95. The number of methoxy groups -OCH3 is 1. The minimum absolute atomic E-state index is 0.136. The summed E-state index contributed by atoms with van der Waals surface area (Å²) in [6, 6.07) is -0.136. The fraction of sp³-hybridized carbons (Fsp3) is 0.800. The van der Waals surface area contributed by atoms with Gasteiger partial charge in [0.1, 0.15) is 0 Å². The Kier molecular flexibility index (Phi) is 5.26. The van der Waals surface area contributed by atoms with E-state index in [1.807, 2.05) is 10.9 Å². The lowest BCUT2D eigenvalue weighted by atomic mass is 9.74. The Labute approximate surface area is 130 Å². The summed E-state index contributed by atoms with van der Waals surface area (Å²) < 4.78 is 8.93. The first kappa shape index (κ1) is 16.0. The Morgan fingerprint density at radius 3 is 2.75 bits per heavy atom. The Morgan fingerprint density at radius 2 is 2.20 bits per heavy atom. The molecular weight excluding hydrogens is 318 g/mol. The average molecular weight is 344 g/mol. The first-order valence-electron chi connectivity index (χ1n) is 7.56. The molecule has 0 bridgehead atoms. The van der Waals surface area contributed by atoms with Crippen molar-refractivity contribution in [2.75, 3.05) is 7.11 Å². The van der Waals surface area contributed by atoms with Crippen molar-refractivity contribution in [2.24, 2.45) is 11.7 Å². The van der Waals surface area contributed by atoms with Crippen molar-refractivity contribution in [1.82, 2.24) is 9.78 Å². The molecule has 114 valence electrons. The Balaban J connectivity index is 2.28. The van der Waals surface area contributed by atoms with Crippen molar-refractivity contribution in [2.45, 2.75) is 64.1 Å². The van der Waals surface area contributed by atoms with E-state index in [1.165, 1.54) is 12.8 Å². The normalized spacial score (nSPS) is 28.6. The lowest BCUT2D eigenvalue weighted by Crippen LogP contribution is -2.46. The van der Waals surface area contributed by atoms with Gasteiger partial charge in [0.2, 0.25) is 0 Å². The molecule has 0 amide bonds. The van der Waals surface area contributed by atoms with E-state index in [1.54, 1.807) is 7.11 Å². The predicted octanol–water partition coefficient (Wildman–Crippen LogP) is 3.65. The second-order valence-electron chi connectivity index (χ2n) is 6.03. The van der Waals surface area contributed by atoms with E-state index in [4.69, 9.17) is 10.5 Å². The van der Waals surface area contributed by atoms with Crippen LogP contribution in [0.15, 0.2) is 10.7 Å². The zero-order valence-electron chi connectivity index (χ0n) is 12.7. The number of aromatic nitrogens is 2. The summed E-state index contributed by atoms with van der Waals surface area (Å²) in [5.74, 6) is 0.773. The van der Waals surface area contributed by atoms with Crippen molar-refractivity contribution in [3.05, 3.63) is 16.4 Å². The van der Waals surface area contributed by atoms with E-state index in [9.17, 15) is 0 Å². The van der Waals surface area contributed by atoms with Gasteiger partial charge in [-0.3, -0.25) is 4.68 Å². The molecule has 2 rings (SSSR count). The quantitative estimate of drug-likeness (QED) is 0.887. The van der Waals surface area contributed by atoms with Gasteiger partial charge in [0, 0.05) is 13.7 Å². The van der Waals surface area contributed by atoms with Gasteiger partial charge in [-0.25, -0.2) is 0 Å². The molecule has 1 heterocycles. The molecule has 1 aromatic heterocycles. The molecule has 0 aromatic carbocycles. The number of hydrogen-bond acceptors (Lipinski definition) is 3. The summed E-state index contributed by atoms with van der Waals surface area (Å²) in [5.41, 5.74) is 7.44. The summed E-state index contributed by atoms with van der Waals surface area (Å²) in [7, 11) is 1.80. The monoisotopic (exact) mass is 343 g/mol. The topological polar surface area (TPSA) is 53.1 Å². The minimum Gasteiger partial charge on any atom is -0.376 e. The van der Waals surface area contributed by atoms with Gasteiger partial charge in [-0.1, -0.05) is 13.8 Å². The molecule has 1 saturated carbocycles. The Morgan fingerprint density at radius 1 is 1.55 bits per heavy atom. The number of aryl methyl sites for hydroxylation is 1. The van der Waals surface area contributed by atoms with Gasteiger partial charge in [-0.15, -0.1) is 0 Å². The molecule has 1 atom stereocenters. The molecule has 20 heavy (non-hydrogen) atoms. The molecule has 0 radical (unpaired) electrons. The molecule has 5 heteroatoms. The molecule has 0 spiro atoms. The zero-order chi connectivity index (χ0) is 14.8. The van der Waals surface area contributed by atoms with Gasteiger partial charge >= 0.3 is 0 Å². The van der Waals surface area contributed by atoms with Crippen molar-refractivity contribution < 1.29 is 4.74 Å². The Hall–Kier alpha value is -0.390. The summed E-state index contributed by atoms with van der Waals surface area (Å²) in [6.07, 6.45) is 7.30. The summed E-state index contributed by atoms with van der Waals surface area (Å²) in [4.78, 5) is 0. The number of halogens is 1. The number of nitrogens with zero attached hydrogens (tertiary/aromatic N) is 2. The number of hydrogen-bond donors (Lipinski definition) is 1. The average Bonchev–Trinajstić information content (AvgIpc) is 2.81. The van der Waals surface area contributed by atoms with E-state index in [2.05, 4.69) is 34.9 Å². The first-order chi connectivity index (χ1) is 9.54. The maximum atomic E-state index is 6.62. The highest BCUT2D eigenvalue weighted by atomic mass is 79.9. The highest BCUT2D eigenvalue weighted by Gasteiger charge is 2.42. The number of rotatable bonds is 5. The second kappa shape index (κ2) is 6.58. The molecule has 1 unspecified atom stereocenters. The fourth-order valence-electron chi connectivity index (χ4n) is 3.21. The zero-order valence-corrected chi connectivity index (χ0v) is 14.3.